The van der Waals surface area contributed by atoms with E-state index in [1.165, 1.54) is 0 Å². The van der Waals surface area contributed by atoms with Gasteiger partial charge in [0.25, 0.3) is 0 Å². The smallest absolute Gasteiger partial charge is 0.319 e. The Hall–Kier alpha value is -2.99. The molecule has 0 spiro atoms. The number of aliphatic hydroxyl groups excluding tert-OH is 1. The molecule has 6 heteroatoms. The zero-order valence-corrected chi connectivity index (χ0v) is 14.2. The third kappa shape index (κ3) is 4.10. The number of nitrogens with zero attached hydrogens (tertiary/aromatic N) is 2. The summed E-state index contributed by atoms with van der Waals surface area (Å²) >= 11 is 0. The zero-order chi connectivity index (χ0) is 17.8. The summed E-state index contributed by atoms with van der Waals surface area (Å²) < 4.78 is 0. The molecular formula is C19H20N4O2. The number of aryl methyl sites for hydroxylation is 2. The average molecular weight is 336 g/mol. The largest absolute Gasteiger partial charge is 0.392 e. The number of rotatable bonds is 4. The molecule has 1 aromatic heterocycles. The van der Waals surface area contributed by atoms with E-state index in [9.17, 15) is 4.79 Å². The highest BCUT2D eigenvalue weighted by molar-refractivity contribution is 5.91. The van der Waals surface area contributed by atoms with Crippen LogP contribution in [0.15, 0.2) is 42.5 Å². The Balaban J connectivity index is 1.63. The van der Waals surface area contributed by atoms with Gasteiger partial charge in [0.2, 0.25) is 0 Å². The second-order valence-corrected chi connectivity index (χ2v) is 5.88. The number of hydrogen-bond acceptors (Lipinski definition) is 4. The molecule has 0 bridgehead atoms. The lowest BCUT2D eigenvalue weighted by molar-refractivity contribution is 0.251. The zero-order valence-electron chi connectivity index (χ0n) is 14.2. The van der Waals surface area contributed by atoms with Crippen molar-refractivity contribution >= 4 is 22.8 Å². The lowest BCUT2D eigenvalue weighted by Crippen LogP contribution is -2.28. The molecule has 3 rings (SSSR count). The number of aliphatic hydroxyl groups is 1. The molecule has 0 aliphatic carbocycles. The van der Waals surface area contributed by atoms with Crippen molar-refractivity contribution in [2.24, 2.45) is 0 Å². The summed E-state index contributed by atoms with van der Waals surface area (Å²) in [4.78, 5) is 21.0. The first-order chi connectivity index (χ1) is 12.0. The maximum Gasteiger partial charge on any atom is 0.319 e. The molecule has 0 aliphatic rings. The van der Waals surface area contributed by atoms with Crippen molar-refractivity contribution in [3.05, 3.63) is 65.0 Å². The van der Waals surface area contributed by atoms with Crippen LogP contribution < -0.4 is 10.6 Å². The van der Waals surface area contributed by atoms with E-state index in [0.717, 1.165) is 33.5 Å². The Labute approximate surface area is 145 Å². The van der Waals surface area contributed by atoms with Crippen molar-refractivity contribution in [1.29, 1.82) is 0 Å². The van der Waals surface area contributed by atoms with Gasteiger partial charge in [0.15, 0.2) is 0 Å². The van der Waals surface area contributed by atoms with E-state index in [4.69, 9.17) is 5.11 Å². The maximum atomic E-state index is 12.1. The summed E-state index contributed by atoms with van der Waals surface area (Å²) in [6.07, 6.45) is 0. The standard InChI is InChI=1S/C19H20N4O2/c1-12-13(2)22-18-9-16(7-8-17(18)21-12)23-19(25)20-10-14-3-5-15(11-24)6-4-14/h3-9,24H,10-11H2,1-2H3,(H2,20,23,25). The van der Waals surface area contributed by atoms with Gasteiger partial charge in [-0.05, 0) is 43.2 Å². The number of anilines is 1. The topological polar surface area (TPSA) is 87.1 Å². The van der Waals surface area contributed by atoms with Crippen LogP contribution in [0, 0.1) is 13.8 Å². The summed E-state index contributed by atoms with van der Waals surface area (Å²) in [5.74, 6) is 0. The molecule has 0 atom stereocenters. The van der Waals surface area contributed by atoms with Crippen molar-refractivity contribution in [2.45, 2.75) is 27.0 Å². The molecule has 2 aromatic carbocycles. The summed E-state index contributed by atoms with van der Waals surface area (Å²) in [6.45, 7) is 4.26. The van der Waals surface area contributed by atoms with Gasteiger partial charge in [-0.1, -0.05) is 24.3 Å². The van der Waals surface area contributed by atoms with Gasteiger partial charge in [-0.3, -0.25) is 0 Å². The predicted molar refractivity (Wildman–Crippen MR) is 97.2 cm³/mol. The lowest BCUT2D eigenvalue weighted by Gasteiger charge is -2.09. The van der Waals surface area contributed by atoms with Gasteiger partial charge in [-0.25, -0.2) is 14.8 Å². The minimum atomic E-state index is -0.289. The van der Waals surface area contributed by atoms with Crippen molar-refractivity contribution < 1.29 is 9.90 Å². The molecule has 0 saturated carbocycles. The molecule has 0 aliphatic heterocycles. The number of nitrogens with one attached hydrogen (secondary N) is 2. The number of hydrogen-bond donors (Lipinski definition) is 3. The second-order valence-electron chi connectivity index (χ2n) is 5.88. The predicted octanol–water partition coefficient (Wildman–Crippen LogP) is 3.06. The molecule has 128 valence electrons. The van der Waals surface area contributed by atoms with E-state index in [-0.39, 0.29) is 12.6 Å². The number of carbonyl (C=O) groups is 1. The van der Waals surface area contributed by atoms with Crippen molar-refractivity contribution in [1.82, 2.24) is 15.3 Å². The van der Waals surface area contributed by atoms with Crippen LogP contribution in [-0.2, 0) is 13.2 Å². The Morgan fingerprint density at radius 2 is 1.60 bits per heavy atom. The van der Waals surface area contributed by atoms with E-state index in [0.29, 0.717) is 12.2 Å². The molecule has 0 saturated heterocycles. The fourth-order valence-corrected chi connectivity index (χ4v) is 2.43. The molecule has 1 heterocycles. The molecule has 6 nitrogen and oxygen atoms in total. The van der Waals surface area contributed by atoms with Crippen LogP contribution in [0.2, 0.25) is 0 Å². The van der Waals surface area contributed by atoms with Gasteiger partial charge in [0, 0.05) is 12.2 Å². The first-order valence-electron chi connectivity index (χ1n) is 8.03. The van der Waals surface area contributed by atoms with Crippen LogP contribution in [0.4, 0.5) is 10.5 Å². The molecule has 2 amide bonds. The Bertz CT molecular complexity index is 907. The normalized spacial score (nSPS) is 10.7. The van der Waals surface area contributed by atoms with E-state index < -0.39 is 0 Å². The molecule has 0 unspecified atom stereocenters. The first kappa shape index (κ1) is 16.9. The highest BCUT2D eigenvalue weighted by Gasteiger charge is 2.06. The number of urea groups is 1. The summed E-state index contributed by atoms with van der Waals surface area (Å²) in [6, 6.07) is 12.6. The van der Waals surface area contributed by atoms with Crippen molar-refractivity contribution in [3.63, 3.8) is 0 Å². The maximum absolute atomic E-state index is 12.1. The number of carbonyl (C=O) groups excluding carboxylic acids is 1. The van der Waals surface area contributed by atoms with Gasteiger partial charge in [0.1, 0.15) is 0 Å². The van der Waals surface area contributed by atoms with Crippen LogP contribution in [0.1, 0.15) is 22.5 Å². The highest BCUT2D eigenvalue weighted by Crippen LogP contribution is 2.17. The van der Waals surface area contributed by atoms with Crippen LogP contribution in [-0.4, -0.2) is 21.1 Å². The molecule has 3 aromatic rings. The SMILES string of the molecule is Cc1nc2ccc(NC(=O)NCc3ccc(CO)cc3)cc2nc1C. The minimum absolute atomic E-state index is 0.0120. The van der Waals surface area contributed by atoms with Gasteiger partial charge in [0.05, 0.1) is 29.0 Å². The first-order valence-corrected chi connectivity index (χ1v) is 8.03. The number of benzene rings is 2. The van der Waals surface area contributed by atoms with Crippen LogP contribution in [0.25, 0.3) is 11.0 Å². The molecular weight excluding hydrogens is 316 g/mol. The summed E-state index contributed by atoms with van der Waals surface area (Å²) in [5.41, 5.74) is 5.80. The van der Waals surface area contributed by atoms with E-state index >= 15 is 0 Å². The van der Waals surface area contributed by atoms with E-state index in [1.807, 2.05) is 50.2 Å². The lowest BCUT2D eigenvalue weighted by atomic mass is 10.1. The molecule has 0 radical (unpaired) electrons. The Kier molecular flexibility index (Phi) is 4.90. The molecule has 0 fully saturated rings. The monoisotopic (exact) mass is 336 g/mol. The fourth-order valence-electron chi connectivity index (χ4n) is 2.43. The molecule has 3 N–H and O–H groups in total. The Morgan fingerprint density at radius 1 is 0.960 bits per heavy atom. The number of fused-ring (bicyclic) bond motifs is 1. The third-order valence-corrected chi connectivity index (χ3v) is 3.99. The summed E-state index contributed by atoms with van der Waals surface area (Å²) in [5, 5.41) is 14.6. The second kappa shape index (κ2) is 7.27. The van der Waals surface area contributed by atoms with Gasteiger partial charge in [-0.2, -0.15) is 0 Å². The van der Waals surface area contributed by atoms with Gasteiger partial charge in [-0.15, -0.1) is 0 Å². The van der Waals surface area contributed by atoms with Crippen LogP contribution >= 0.6 is 0 Å². The van der Waals surface area contributed by atoms with Crippen molar-refractivity contribution in [2.75, 3.05) is 5.32 Å². The van der Waals surface area contributed by atoms with Crippen LogP contribution in [0.5, 0.6) is 0 Å². The van der Waals surface area contributed by atoms with E-state index in [1.54, 1.807) is 6.07 Å². The fraction of sp³-hybridized carbons (Fsp3) is 0.211. The van der Waals surface area contributed by atoms with Crippen LogP contribution in [0.3, 0.4) is 0 Å². The average Bonchev–Trinajstić information content (AvgIpc) is 2.61. The summed E-state index contributed by atoms with van der Waals surface area (Å²) in [7, 11) is 0. The molecule has 25 heavy (non-hydrogen) atoms. The van der Waals surface area contributed by atoms with Gasteiger partial charge >= 0.3 is 6.03 Å². The quantitative estimate of drug-likeness (QED) is 0.683. The minimum Gasteiger partial charge on any atom is -0.392 e. The van der Waals surface area contributed by atoms with Crippen molar-refractivity contribution in [3.8, 4) is 0 Å². The van der Waals surface area contributed by atoms with Gasteiger partial charge < -0.3 is 15.7 Å². The Morgan fingerprint density at radius 3 is 2.28 bits per heavy atom. The van der Waals surface area contributed by atoms with E-state index in [2.05, 4.69) is 20.6 Å². The number of amides is 2. The highest BCUT2D eigenvalue weighted by atomic mass is 16.3. The third-order valence-electron chi connectivity index (χ3n) is 3.99. The number of aromatic nitrogens is 2.